The Morgan fingerprint density at radius 3 is 2.87 bits per heavy atom. The molecule has 0 amide bonds. The van der Waals surface area contributed by atoms with Crippen molar-refractivity contribution in [3.63, 3.8) is 0 Å². The molecule has 80 valence electrons. The second-order valence-electron chi connectivity index (χ2n) is 4.76. The lowest BCUT2D eigenvalue weighted by atomic mass is 9.62. The summed E-state index contributed by atoms with van der Waals surface area (Å²) in [4.78, 5) is 0. The van der Waals surface area contributed by atoms with Crippen molar-refractivity contribution in [1.29, 1.82) is 0 Å². The second kappa shape index (κ2) is 3.24. The lowest BCUT2D eigenvalue weighted by molar-refractivity contribution is 0.219. The van der Waals surface area contributed by atoms with Crippen molar-refractivity contribution in [2.24, 2.45) is 0 Å². The van der Waals surface area contributed by atoms with E-state index in [4.69, 9.17) is 4.74 Å². The number of hydrogen-bond donors (Lipinski definition) is 1. The van der Waals surface area contributed by atoms with Gasteiger partial charge in [0.05, 0.1) is 7.11 Å². The largest absolute Gasteiger partial charge is 0.497 e. The highest BCUT2D eigenvalue weighted by Crippen LogP contribution is 2.46. The fourth-order valence-electron chi connectivity index (χ4n) is 2.94. The van der Waals surface area contributed by atoms with Crippen LogP contribution in [-0.4, -0.2) is 13.7 Å². The van der Waals surface area contributed by atoms with E-state index in [-0.39, 0.29) is 0 Å². The molecule has 3 rings (SSSR count). The third kappa shape index (κ3) is 1.28. The number of fused-ring (bicyclic) bond motifs is 2. The SMILES string of the molecule is COc1ccc2c(c1)CNCC21CCC1. The van der Waals surface area contributed by atoms with Gasteiger partial charge in [-0.3, -0.25) is 0 Å². The minimum absolute atomic E-state index is 0.458. The highest BCUT2D eigenvalue weighted by atomic mass is 16.5. The predicted molar refractivity (Wildman–Crippen MR) is 60.2 cm³/mol. The van der Waals surface area contributed by atoms with Crippen LogP contribution in [0.4, 0.5) is 0 Å². The van der Waals surface area contributed by atoms with Crippen LogP contribution in [0.1, 0.15) is 30.4 Å². The molecule has 0 atom stereocenters. The molecule has 1 N–H and O–H groups in total. The molecule has 2 aliphatic rings. The van der Waals surface area contributed by atoms with Gasteiger partial charge < -0.3 is 10.1 Å². The van der Waals surface area contributed by atoms with Crippen LogP contribution in [0.5, 0.6) is 5.75 Å². The first-order chi connectivity index (χ1) is 7.34. The van der Waals surface area contributed by atoms with Crippen LogP contribution in [0.25, 0.3) is 0 Å². The van der Waals surface area contributed by atoms with Crippen LogP contribution in [0, 0.1) is 0 Å². The molecule has 1 aliphatic heterocycles. The molecular weight excluding hydrogens is 186 g/mol. The number of rotatable bonds is 1. The molecule has 1 saturated carbocycles. The topological polar surface area (TPSA) is 21.3 Å². The molecule has 1 fully saturated rings. The zero-order valence-electron chi connectivity index (χ0n) is 9.18. The van der Waals surface area contributed by atoms with Crippen molar-refractivity contribution in [2.75, 3.05) is 13.7 Å². The zero-order chi connectivity index (χ0) is 10.3. The van der Waals surface area contributed by atoms with Crippen LogP contribution in [0.3, 0.4) is 0 Å². The highest BCUT2D eigenvalue weighted by molar-refractivity contribution is 5.43. The number of nitrogens with one attached hydrogen (secondary N) is 1. The maximum absolute atomic E-state index is 5.27. The number of hydrogen-bond acceptors (Lipinski definition) is 2. The Balaban J connectivity index is 2.05. The quantitative estimate of drug-likeness (QED) is 0.755. The van der Waals surface area contributed by atoms with Crippen molar-refractivity contribution < 1.29 is 4.74 Å². The normalized spacial score (nSPS) is 21.9. The van der Waals surface area contributed by atoms with Crippen LogP contribution < -0.4 is 10.1 Å². The Morgan fingerprint density at radius 1 is 1.33 bits per heavy atom. The average molecular weight is 203 g/mol. The first kappa shape index (κ1) is 9.22. The molecule has 1 spiro atoms. The van der Waals surface area contributed by atoms with E-state index in [0.29, 0.717) is 5.41 Å². The summed E-state index contributed by atoms with van der Waals surface area (Å²) in [6.07, 6.45) is 4.08. The van der Waals surface area contributed by atoms with Gasteiger partial charge in [0.25, 0.3) is 0 Å². The smallest absolute Gasteiger partial charge is 0.119 e. The summed E-state index contributed by atoms with van der Waals surface area (Å²) in [5.74, 6) is 0.979. The van der Waals surface area contributed by atoms with Crippen molar-refractivity contribution in [3.8, 4) is 5.75 Å². The van der Waals surface area contributed by atoms with Crippen LogP contribution >= 0.6 is 0 Å². The van der Waals surface area contributed by atoms with Crippen LogP contribution in [-0.2, 0) is 12.0 Å². The van der Waals surface area contributed by atoms with Gasteiger partial charge >= 0.3 is 0 Å². The lowest BCUT2D eigenvalue weighted by Gasteiger charge is -2.46. The zero-order valence-corrected chi connectivity index (χ0v) is 9.18. The van der Waals surface area contributed by atoms with Crippen LogP contribution in [0.2, 0.25) is 0 Å². The minimum Gasteiger partial charge on any atom is -0.497 e. The Hall–Kier alpha value is -1.02. The van der Waals surface area contributed by atoms with Gasteiger partial charge in [0.2, 0.25) is 0 Å². The van der Waals surface area contributed by atoms with E-state index in [1.807, 2.05) is 0 Å². The molecular formula is C13H17NO. The van der Waals surface area contributed by atoms with Gasteiger partial charge in [-0.25, -0.2) is 0 Å². The summed E-state index contributed by atoms with van der Waals surface area (Å²) in [6, 6.07) is 6.56. The Labute approximate surface area is 90.6 Å². The van der Waals surface area contributed by atoms with Gasteiger partial charge in [-0.05, 0) is 36.1 Å². The molecule has 2 heteroatoms. The van der Waals surface area contributed by atoms with Crippen molar-refractivity contribution in [2.45, 2.75) is 31.2 Å². The van der Waals surface area contributed by atoms with Gasteiger partial charge in [0.1, 0.15) is 5.75 Å². The molecule has 0 unspecified atom stereocenters. The van der Waals surface area contributed by atoms with Crippen molar-refractivity contribution in [3.05, 3.63) is 29.3 Å². The first-order valence-electron chi connectivity index (χ1n) is 5.72. The van der Waals surface area contributed by atoms with Crippen LogP contribution in [0.15, 0.2) is 18.2 Å². The van der Waals surface area contributed by atoms with Gasteiger partial charge in [-0.15, -0.1) is 0 Å². The molecule has 0 saturated heterocycles. The first-order valence-corrected chi connectivity index (χ1v) is 5.72. The maximum Gasteiger partial charge on any atom is 0.119 e. The predicted octanol–water partition coefficient (Wildman–Crippen LogP) is 2.22. The Morgan fingerprint density at radius 2 is 2.20 bits per heavy atom. The van der Waals surface area contributed by atoms with E-state index in [1.165, 1.54) is 24.8 Å². The molecule has 0 aromatic heterocycles. The van der Waals surface area contributed by atoms with Crippen molar-refractivity contribution in [1.82, 2.24) is 5.32 Å². The lowest BCUT2D eigenvalue weighted by Crippen LogP contribution is -2.47. The number of ether oxygens (including phenoxy) is 1. The summed E-state index contributed by atoms with van der Waals surface area (Å²) in [5, 5.41) is 3.53. The van der Waals surface area contributed by atoms with E-state index in [1.54, 1.807) is 12.7 Å². The molecule has 0 radical (unpaired) electrons. The third-order valence-corrected chi connectivity index (χ3v) is 3.97. The van der Waals surface area contributed by atoms with Gasteiger partial charge in [0.15, 0.2) is 0 Å². The molecule has 1 aliphatic carbocycles. The molecule has 15 heavy (non-hydrogen) atoms. The molecule has 1 aromatic carbocycles. The van der Waals surface area contributed by atoms with Gasteiger partial charge in [-0.1, -0.05) is 12.5 Å². The van der Waals surface area contributed by atoms with E-state index in [2.05, 4.69) is 23.5 Å². The molecule has 2 nitrogen and oxygen atoms in total. The third-order valence-electron chi connectivity index (χ3n) is 3.97. The Kier molecular flexibility index (Phi) is 1.99. The molecule has 0 bridgehead atoms. The van der Waals surface area contributed by atoms with E-state index in [9.17, 15) is 0 Å². The Bertz CT molecular complexity index is 382. The summed E-state index contributed by atoms with van der Waals surface area (Å²) in [7, 11) is 1.73. The summed E-state index contributed by atoms with van der Waals surface area (Å²) in [6.45, 7) is 2.15. The van der Waals surface area contributed by atoms with E-state index >= 15 is 0 Å². The molecule has 1 heterocycles. The number of methoxy groups -OCH3 is 1. The summed E-state index contributed by atoms with van der Waals surface area (Å²) >= 11 is 0. The van der Waals surface area contributed by atoms with Gasteiger partial charge in [-0.2, -0.15) is 0 Å². The standard InChI is InChI=1S/C13H17NO/c1-15-11-3-4-12-10(7-11)8-14-9-13(12)5-2-6-13/h3-4,7,14H,2,5-6,8-9H2,1H3. The van der Waals surface area contributed by atoms with E-state index < -0.39 is 0 Å². The summed E-state index contributed by atoms with van der Waals surface area (Å²) < 4.78 is 5.27. The average Bonchev–Trinajstić information content (AvgIpc) is 2.25. The highest BCUT2D eigenvalue weighted by Gasteiger charge is 2.41. The molecule has 1 aromatic rings. The fraction of sp³-hybridized carbons (Fsp3) is 0.538. The second-order valence-corrected chi connectivity index (χ2v) is 4.76. The fourth-order valence-corrected chi connectivity index (χ4v) is 2.94. The van der Waals surface area contributed by atoms with E-state index in [0.717, 1.165) is 18.8 Å². The van der Waals surface area contributed by atoms with Gasteiger partial charge in [0, 0.05) is 18.5 Å². The summed E-state index contributed by atoms with van der Waals surface area (Å²) in [5.41, 5.74) is 3.45. The monoisotopic (exact) mass is 203 g/mol. The maximum atomic E-state index is 5.27. The van der Waals surface area contributed by atoms with Crippen molar-refractivity contribution >= 4 is 0 Å². The minimum atomic E-state index is 0.458. The number of benzene rings is 1.